The molecule has 0 atom stereocenters. The molecule has 196 valence electrons. The summed E-state index contributed by atoms with van der Waals surface area (Å²) in [5.41, 5.74) is 2.42. The molecular formula is C28H26F3N5O2. The Morgan fingerprint density at radius 3 is 2.58 bits per heavy atom. The minimum atomic E-state index is -4.69. The zero-order valence-corrected chi connectivity index (χ0v) is 21.1. The van der Waals surface area contributed by atoms with Crippen molar-refractivity contribution < 1.29 is 22.7 Å². The van der Waals surface area contributed by atoms with Crippen LogP contribution in [0.4, 0.5) is 13.2 Å². The van der Waals surface area contributed by atoms with Gasteiger partial charge in [0, 0.05) is 29.2 Å². The Morgan fingerprint density at radius 2 is 1.89 bits per heavy atom. The standard InChI is InChI=1S/C28H26F3N5O2/c1-16(2)17-4-6-18(7-5-17)24-13-25(28(29,30)31)36-26(35-24)22(15-34-36)27(37)32-11-10-19-14-33-23-9-8-20(38-3)12-21(19)23/h4-9,12-16,33H,10-11H2,1-3H3,(H,32,37). The monoisotopic (exact) mass is 521 g/mol. The molecule has 3 aromatic heterocycles. The first-order chi connectivity index (χ1) is 18.2. The van der Waals surface area contributed by atoms with E-state index in [4.69, 9.17) is 4.74 Å². The first kappa shape index (κ1) is 25.3. The van der Waals surface area contributed by atoms with Gasteiger partial charge >= 0.3 is 6.18 Å². The molecule has 38 heavy (non-hydrogen) atoms. The molecule has 0 radical (unpaired) electrons. The van der Waals surface area contributed by atoms with Crippen LogP contribution in [0.25, 0.3) is 27.8 Å². The highest BCUT2D eigenvalue weighted by atomic mass is 19.4. The molecule has 10 heteroatoms. The molecule has 0 aliphatic heterocycles. The van der Waals surface area contributed by atoms with E-state index in [-0.39, 0.29) is 29.4 Å². The van der Waals surface area contributed by atoms with E-state index in [1.165, 1.54) is 0 Å². The molecule has 7 nitrogen and oxygen atoms in total. The quantitative estimate of drug-likeness (QED) is 0.275. The van der Waals surface area contributed by atoms with Crippen LogP contribution in [0, 0.1) is 0 Å². The first-order valence-electron chi connectivity index (χ1n) is 12.1. The number of nitrogens with zero attached hydrogens (tertiary/aromatic N) is 3. The Hall–Kier alpha value is -4.34. The predicted molar refractivity (Wildman–Crippen MR) is 138 cm³/mol. The number of amides is 1. The summed E-state index contributed by atoms with van der Waals surface area (Å²) in [6.45, 7) is 4.34. The van der Waals surface area contributed by atoms with Gasteiger partial charge in [-0.3, -0.25) is 4.79 Å². The van der Waals surface area contributed by atoms with Gasteiger partial charge in [0.1, 0.15) is 11.3 Å². The van der Waals surface area contributed by atoms with Crippen molar-refractivity contribution in [3.05, 3.63) is 83.3 Å². The maximum atomic E-state index is 13.9. The van der Waals surface area contributed by atoms with Gasteiger partial charge in [0.2, 0.25) is 0 Å². The van der Waals surface area contributed by atoms with Crippen molar-refractivity contribution in [3.8, 4) is 17.0 Å². The molecule has 0 fully saturated rings. The number of H-pyrrole nitrogens is 1. The molecule has 0 aliphatic carbocycles. The summed E-state index contributed by atoms with van der Waals surface area (Å²) in [6, 6.07) is 13.8. The lowest BCUT2D eigenvalue weighted by Gasteiger charge is -2.12. The van der Waals surface area contributed by atoms with E-state index in [1.54, 1.807) is 19.2 Å². The average molecular weight is 522 g/mol. The molecule has 0 saturated heterocycles. The highest BCUT2D eigenvalue weighted by molar-refractivity contribution is 6.00. The Bertz CT molecular complexity index is 1620. The fourth-order valence-electron chi connectivity index (χ4n) is 4.41. The van der Waals surface area contributed by atoms with Crippen LogP contribution in [0.3, 0.4) is 0 Å². The van der Waals surface area contributed by atoms with Crippen molar-refractivity contribution in [3.63, 3.8) is 0 Å². The van der Waals surface area contributed by atoms with Gasteiger partial charge in [0.25, 0.3) is 5.91 Å². The lowest BCUT2D eigenvalue weighted by Crippen LogP contribution is -2.26. The van der Waals surface area contributed by atoms with E-state index in [0.29, 0.717) is 16.5 Å². The van der Waals surface area contributed by atoms with Crippen molar-refractivity contribution in [1.29, 1.82) is 0 Å². The second-order valence-corrected chi connectivity index (χ2v) is 9.33. The second-order valence-electron chi connectivity index (χ2n) is 9.33. The number of aromatic amines is 1. The summed E-state index contributed by atoms with van der Waals surface area (Å²) in [4.78, 5) is 20.6. The number of benzene rings is 2. The van der Waals surface area contributed by atoms with E-state index in [0.717, 1.165) is 40.0 Å². The van der Waals surface area contributed by atoms with Gasteiger partial charge in [-0.25, -0.2) is 9.50 Å². The summed E-state index contributed by atoms with van der Waals surface area (Å²) >= 11 is 0. The van der Waals surface area contributed by atoms with Gasteiger partial charge in [0.15, 0.2) is 11.3 Å². The van der Waals surface area contributed by atoms with E-state index in [2.05, 4.69) is 20.4 Å². The van der Waals surface area contributed by atoms with Crippen LogP contribution in [-0.4, -0.2) is 39.1 Å². The summed E-state index contributed by atoms with van der Waals surface area (Å²) in [7, 11) is 1.59. The molecule has 0 spiro atoms. The van der Waals surface area contributed by atoms with Crippen LogP contribution in [0.15, 0.2) is 60.9 Å². The number of alkyl halides is 3. The summed E-state index contributed by atoms with van der Waals surface area (Å²) in [5.74, 6) is 0.446. The van der Waals surface area contributed by atoms with Crippen molar-refractivity contribution in [2.24, 2.45) is 0 Å². The lowest BCUT2D eigenvalue weighted by molar-refractivity contribution is -0.142. The second kappa shape index (κ2) is 9.85. The number of aromatic nitrogens is 4. The van der Waals surface area contributed by atoms with Crippen LogP contribution in [0.1, 0.15) is 46.9 Å². The maximum absolute atomic E-state index is 13.9. The first-order valence-corrected chi connectivity index (χ1v) is 12.1. The molecule has 0 aliphatic rings. The third-order valence-corrected chi connectivity index (χ3v) is 6.53. The third-order valence-electron chi connectivity index (χ3n) is 6.53. The lowest BCUT2D eigenvalue weighted by atomic mass is 10.0. The van der Waals surface area contributed by atoms with E-state index in [9.17, 15) is 18.0 Å². The molecule has 2 aromatic carbocycles. The van der Waals surface area contributed by atoms with Crippen LogP contribution in [0.5, 0.6) is 5.75 Å². The van der Waals surface area contributed by atoms with Crippen molar-refractivity contribution in [2.75, 3.05) is 13.7 Å². The van der Waals surface area contributed by atoms with Crippen molar-refractivity contribution in [2.45, 2.75) is 32.4 Å². The van der Waals surface area contributed by atoms with E-state index >= 15 is 0 Å². The Labute approximate surface area is 216 Å². The number of carbonyl (C=O) groups is 1. The Kier molecular flexibility index (Phi) is 6.56. The minimum absolute atomic E-state index is 0.0308. The molecule has 2 N–H and O–H groups in total. The van der Waals surface area contributed by atoms with Crippen molar-refractivity contribution >= 4 is 22.5 Å². The number of carbonyl (C=O) groups excluding carboxylic acids is 1. The number of rotatable bonds is 7. The maximum Gasteiger partial charge on any atom is 0.433 e. The summed E-state index contributed by atoms with van der Waals surface area (Å²) < 4.78 is 47.8. The smallest absolute Gasteiger partial charge is 0.433 e. The normalized spacial score (nSPS) is 12.0. The molecular weight excluding hydrogens is 495 g/mol. The predicted octanol–water partition coefficient (Wildman–Crippen LogP) is 6.00. The van der Waals surface area contributed by atoms with Crippen LogP contribution >= 0.6 is 0 Å². The largest absolute Gasteiger partial charge is 0.497 e. The summed E-state index contributed by atoms with van der Waals surface area (Å²) in [5, 5.41) is 7.61. The van der Waals surface area contributed by atoms with Gasteiger partial charge in [0.05, 0.1) is 19.0 Å². The number of methoxy groups -OCH3 is 1. The van der Waals surface area contributed by atoms with Crippen molar-refractivity contribution in [1.82, 2.24) is 24.9 Å². The molecule has 1 amide bonds. The zero-order valence-electron chi connectivity index (χ0n) is 21.1. The van der Waals surface area contributed by atoms with E-state index in [1.807, 2.05) is 50.4 Å². The number of hydrogen-bond acceptors (Lipinski definition) is 4. The van der Waals surface area contributed by atoms with Crippen LogP contribution in [0.2, 0.25) is 0 Å². The van der Waals surface area contributed by atoms with Crippen LogP contribution in [-0.2, 0) is 12.6 Å². The van der Waals surface area contributed by atoms with Gasteiger partial charge in [-0.1, -0.05) is 38.1 Å². The van der Waals surface area contributed by atoms with Gasteiger partial charge in [-0.15, -0.1) is 0 Å². The number of halogens is 3. The molecule has 0 saturated carbocycles. The minimum Gasteiger partial charge on any atom is -0.497 e. The molecule has 3 heterocycles. The van der Waals surface area contributed by atoms with Gasteiger partial charge < -0.3 is 15.0 Å². The molecule has 5 rings (SSSR count). The summed E-state index contributed by atoms with van der Waals surface area (Å²) in [6.07, 6.45) is -1.20. The van der Waals surface area contributed by atoms with Gasteiger partial charge in [-0.2, -0.15) is 18.3 Å². The number of hydrogen-bond donors (Lipinski definition) is 2. The topological polar surface area (TPSA) is 84.3 Å². The highest BCUT2D eigenvalue weighted by Crippen LogP contribution is 2.33. The number of ether oxygens (including phenoxy) is 1. The number of nitrogens with one attached hydrogen (secondary N) is 2. The van der Waals surface area contributed by atoms with Gasteiger partial charge in [-0.05, 0) is 47.7 Å². The van der Waals surface area contributed by atoms with Crippen LogP contribution < -0.4 is 10.1 Å². The highest BCUT2D eigenvalue weighted by Gasteiger charge is 2.36. The fraction of sp³-hybridized carbons (Fsp3) is 0.250. The Balaban J connectivity index is 1.42. The fourth-order valence-corrected chi connectivity index (χ4v) is 4.41. The van der Waals surface area contributed by atoms with E-state index < -0.39 is 17.8 Å². The SMILES string of the molecule is COc1ccc2[nH]cc(CCNC(=O)c3cnn4c(C(F)(F)F)cc(-c5ccc(C(C)C)cc5)nc34)c2c1. The zero-order chi connectivity index (χ0) is 27.0. The molecule has 5 aromatic rings. The Morgan fingerprint density at radius 1 is 1.13 bits per heavy atom. The average Bonchev–Trinajstić information content (AvgIpc) is 3.51. The number of fused-ring (bicyclic) bond motifs is 2. The third kappa shape index (κ3) is 4.81. The molecule has 0 unspecified atom stereocenters. The molecule has 0 bridgehead atoms.